The van der Waals surface area contributed by atoms with Gasteiger partial charge in [0.2, 0.25) is 15.9 Å². The Labute approximate surface area is 196 Å². The Kier molecular flexibility index (Phi) is 6.95. The van der Waals surface area contributed by atoms with Gasteiger partial charge in [0.05, 0.1) is 16.2 Å². The molecule has 1 fully saturated rings. The number of hydrogen-bond donors (Lipinski definition) is 0. The number of benzene rings is 1. The summed E-state index contributed by atoms with van der Waals surface area (Å²) in [4.78, 5) is 13.9. The van der Waals surface area contributed by atoms with E-state index in [0.29, 0.717) is 0 Å². The van der Waals surface area contributed by atoms with E-state index >= 15 is 0 Å². The molecule has 1 aliphatic heterocycles. The van der Waals surface area contributed by atoms with Crippen LogP contribution < -0.4 is 0 Å². The Morgan fingerprint density at radius 3 is 2.62 bits per heavy atom. The fourth-order valence-electron chi connectivity index (χ4n) is 3.38. The summed E-state index contributed by atoms with van der Waals surface area (Å²) in [6.45, 7) is 0.460. The smallest absolute Gasteiger partial charge is 0.282 e. The first-order chi connectivity index (χ1) is 16.1. The van der Waals surface area contributed by atoms with Crippen molar-refractivity contribution in [2.75, 3.05) is 31.9 Å². The first kappa shape index (κ1) is 24.2. The van der Waals surface area contributed by atoms with Crippen LogP contribution >= 0.6 is 11.8 Å². The summed E-state index contributed by atoms with van der Waals surface area (Å²) < 4.78 is 72.9. The van der Waals surface area contributed by atoms with Crippen molar-refractivity contribution in [2.24, 2.45) is 7.05 Å². The van der Waals surface area contributed by atoms with E-state index in [9.17, 15) is 26.4 Å². The summed E-state index contributed by atoms with van der Waals surface area (Å²) in [6, 6.07) is 4.76. The molecule has 1 aromatic carbocycles. The number of rotatable bonds is 7. The number of hydrogen-bond acceptors (Lipinski definition) is 8. The van der Waals surface area contributed by atoms with Crippen LogP contribution in [0.25, 0.3) is 11.5 Å². The minimum atomic E-state index is -3.86. The van der Waals surface area contributed by atoms with Gasteiger partial charge >= 0.3 is 0 Å². The highest BCUT2D eigenvalue weighted by Gasteiger charge is 2.30. The topological polar surface area (TPSA) is 114 Å². The molecule has 34 heavy (non-hydrogen) atoms. The van der Waals surface area contributed by atoms with E-state index in [1.165, 1.54) is 39.3 Å². The molecule has 1 amide bonds. The highest BCUT2D eigenvalue weighted by molar-refractivity contribution is 7.99. The Morgan fingerprint density at radius 1 is 1.21 bits per heavy atom. The minimum Gasteiger partial charge on any atom is -0.411 e. The lowest BCUT2D eigenvalue weighted by Crippen LogP contribution is -2.50. The van der Waals surface area contributed by atoms with Crippen LogP contribution in [0.2, 0.25) is 0 Å². The number of nitrogens with zero attached hydrogens (tertiary/aromatic N) is 6. The molecule has 3 heterocycles. The number of thioether (sulfide) groups is 1. The summed E-state index contributed by atoms with van der Waals surface area (Å²) in [5.41, 5.74) is -0.469. The van der Waals surface area contributed by atoms with Gasteiger partial charge in [0.1, 0.15) is 11.5 Å². The lowest BCUT2D eigenvalue weighted by Gasteiger charge is -2.33. The van der Waals surface area contributed by atoms with Crippen molar-refractivity contribution in [2.45, 2.75) is 16.5 Å². The van der Waals surface area contributed by atoms with Crippen LogP contribution in [0.15, 0.2) is 45.0 Å². The fourth-order valence-corrected chi connectivity index (χ4v) is 5.50. The van der Waals surface area contributed by atoms with Crippen molar-refractivity contribution in [3.8, 4) is 11.5 Å². The van der Waals surface area contributed by atoms with Gasteiger partial charge in [0.25, 0.3) is 17.5 Å². The number of sulfonamides is 1. The van der Waals surface area contributed by atoms with Crippen molar-refractivity contribution >= 4 is 27.7 Å². The van der Waals surface area contributed by atoms with Crippen molar-refractivity contribution in [3.63, 3.8) is 0 Å². The summed E-state index contributed by atoms with van der Waals surface area (Å²) in [5, 5.41) is 11.2. The number of carbonyl (C=O) groups is 1. The third-order valence-corrected chi connectivity index (χ3v) is 7.74. The SMILES string of the molecule is Cn1cc(-c2nnc(SCC(=O)N3CCN(S(=O)(=O)c4cccc(F)c4)CC3)o2)c(C(F)F)n1. The second-order valence-electron chi connectivity index (χ2n) is 7.31. The third-order valence-electron chi connectivity index (χ3n) is 5.05. The normalized spacial score (nSPS) is 15.3. The molecular weight excluding hydrogens is 497 g/mol. The van der Waals surface area contributed by atoms with Crippen LogP contribution in [-0.2, 0) is 21.9 Å². The number of halogens is 3. The number of aryl methyl sites for hydroxylation is 1. The van der Waals surface area contributed by atoms with Gasteiger partial charge in [0, 0.05) is 39.4 Å². The van der Waals surface area contributed by atoms with Gasteiger partial charge in [0.15, 0.2) is 0 Å². The molecule has 0 atom stereocenters. The van der Waals surface area contributed by atoms with Crippen molar-refractivity contribution in [1.82, 2.24) is 29.2 Å². The van der Waals surface area contributed by atoms with Crippen LogP contribution in [-0.4, -0.2) is 75.4 Å². The lowest BCUT2D eigenvalue weighted by atomic mass is 10.2. The van der Waals surface area contributed by atoms with Crippen LogP contribution in [0.4, 0.5) is 13.2 Å². The van der Waals surface area contributed by atoms with Crippen LogP contribution in [0.3, 0.4) is 0 Å². The number of amides is 1. The van der Waals surface area contributed by atoms with Gasteiger partial charge in [-0.3, -0.25) is 9.48 Å². The highest BCUT2D eigenvalue weighted by atomic mass is 32.2. The van der Waals surface area contributed by atoms with Crippen molar-refractivity contribution < 1.29 is 30.8 Å². The van der Waals surface area contributed by atoms with E-state index in [1.54, 1.807) is 0 Å². The highest BCUT2D eigenvalue weighted by Crippen LogP contribution is 2.30. The Morgan fingerprint density at radius 2 is 1.94 bits per heavy atom. The van der Waals surface area contributed by atoms with Crippen molar-refractivity contribution in [3.05, 3.63) is 42.0 Å². The molecule has 0 saturated carbocycles. The lowest BCUT2D eigenvalue weighted by molar-refractivity contribution is -0.129. The molecule has 0 bridgehead atoms. The van der Waals surface area contributed by atoms with E-state index in [1.807, 2.05) is 0 Å². The van der Waals surface area contributed by atoms with E-state index in [-0.39, 0.29) is 59.4 Å². The summed E-state index contributed by atoms with van der Waals surface area (Å²) in [6.07, 6.45) is -1.48. The summed E-state index contributed by atoms with van der Waals surface area (Å²) in [5.74, 6) is -1.12. The largest absolute Gasteiger partial charge is 0.411 e. The molecule has 1 aliphatic rings. The second-order valence-corrected chi connectivity index (χ2v) is 10.2. The molecule has 0 aliphatic carbocycles. The van der Waals surface area contributed by atoms with Crippen LogP contribution in [0.1, 0.15) is 12.1 Å². The average molecular weight is 517 g/mol. The molecule has 0 spiro atoms. The van der Waals surface area contributed by atoms with E-state index in [0.717, 1.165) is 23.9 Å². The molecule has 0 unspecified atom stereocenters. The fraction of sp³-hybridized carbons (Fsp3) is 0.368. The van der Waals surface area contributed by atoms with E-state index in [2.05, 4.69) is 15.3 Å². The molecule has 0 radical (unpaired) electrons. The predicted octanol–water partition coefficient (Wildman–Crippen LogP) is 2.17. The molecule has 2 aromatic heterocycles. The van der Waals surface area contributed by atoms with Gasteiger partial charge in [-0.1, -0.05) is 17.8 Å². The molecule has 1 saturated heterocycles. The predicted molar refractivity (Wildman–Crippen MR) is 114 cm³/mol. The number of aromatic nitrogens is 4. The molecule has 0 N–H and O–H groups in total. The first-order valence-electron chi connectivity index (χ1n) is 9.97. The van der Waals surface area contributed by atoms with Gasteiger partial charge in [-0.2, -0.15) is 9.40 Å². The zero-order chi connectivity index (χ0) is 24.5. The molecular formula is C19H19F3N6O4S2. The number of alkyl halides is 2. The van der Waals surface area contributed by atoms with Crippen LogP contribution in [0.5, 0.6) is 0 Å². The van der Waals surface area contributed by atoms with E-state index in [4.69, 9.17) is 4.42 Å². The first-order valence-corrected chi connectivity index (χ1v) is 12.4. The summed E-state index contributed by atoms with van der Waals surface area (Å²) >= 11 is 0.944. The average Bonchev–Trinajstić information content (AvgIpc) is 3.44. The Balaban J connectivity index is 1.32. The van der Waals surface area contributed by atoms with Gasteiger partial charge in [-0.15, -0.1) is 10.2 Å². The standard InChI is InChI=1S/C19H19F3N6O4S2/c1-26-10-14(16(25-26)17(21)22)18-23-24-19(32-18)33-11-15(29)27-5-7-28(8-6-27)34(30,31)13-4-2-3-12(20)9-13/h2-4,9-10,17H,5-8,11H2,1H3. The van der Waals surface area contributed by atoms with E-state index < -0.39 is 28.0 Å². The second kappa shape index (κ2) is 9.76. The van der Waals surface area contributed by atoms with Gasteiger partial charge in [-0.25, -0.2) is 21.6 Å². The quantitative estimate of drug-likeness (QED) is 0.439. The van der Waals surface area contributed by atoms with Gasteiger partial charge in [-0.05, 0) is 18.2 Å². The zero-order valence-electron chi connectivity index (χ0n) is 17.8. The maximum Gasteiger partial charge on any atom is 0.282 e. The zero-order valence-corrected chi connectivity index (χ0v) is 19.4. The maximum atomic E-state index is 13.4. The summed E-state index contributed by atoms with van der Waals surface area (Å²) in [7, 11) is -2.37. The molecule has 182 valence electrons. The monoisotopic (exact) mass is 516 g/mol. The number of piperazine rings is 1. The maximum absolute atomic E-state index is 13.4. The molecule has 10 nitrogen and oxygen atoms in total. The molecule has 3 aromatic rings. The van der Waals surface area contributed by atoms with Gasteiger partial charge < -0.3 is 9.32 Å². The van der Waals surface area contributed by atoms with Crippen LogP contribution in [0, 0.1) is 5.82 Å². The molecule has 4 rings (SSSR count). The Bertz CT molecular complexity index is 1290. The van der Waals surface area contributed by atoms with Crippen molar-refractivity contribution in [1.29, 1.82) is 0 Å². The Hall–Kier alpha value is -2.91. The number of carbonyl (C=O) groups excluding carboxylic acids is 1. The molecule has 15 heteroatoms. The minimum absolute atomic E-state index is 0.0128. The third kappa shape index (κ3) is 5.10.